The molecule has 1 amide bonds. The van der Waals surface area contributed by atoms with E-state index in [9.17, 15) is 9.59 Å². The summed E-state index contributed by atoms with van der Waals surface area (Å²) < 4.78 is 0. The van der Waals surface area contributed by atoms with Crippen molar-refractivity contribution in [1.82, 2.24) is 10.3 Å². The largest absolute Gasteiger partial charge is 0.351 e. The zero-order valence-corrected chi connectivity index (χ0v) is 11.1. The predicted molar refractivity (Wildman–Crippen MR) is 76.7 cm³/mol. The van der Waals surface area contributed by atoms with Crippen molar-refractivity contribution in [2.24, 2.45) is 0 Å². The Morgan fingerprint density at radius 1 is 1.15 bits per heavy atom. The topological polar surface area (TPSA) is 62.0 Å². The number of aromatic amines is 1. The first-order valence-corrected chi connectivity index (χ1v) is 6.73. The lowest BCUT2D eigenvalue weighted by Crippen LogP contribution is -2.35. The standard InChI is InChI=1S/C16H16N2O2/c19-14-13(7-4-10-17-14)15(20)18-11-16(8-9-16)12-5-2-1-3-6-12/h1-7,10H,8-9,11H2,(H,17,19)(H,18,20). The summed E-state index contributed by atoms with van der Waals surface area (Å²) in [6, 6.07) is 13.4. The van der Waals surface area contributed by atoms with Crippen LogP contribution in [-0.4, -0.2) is 17.4 Å². The molecule has 102 valence electrons. The number of nitrogens with one attached hydrogen (secondary N) is 2. The lowest BCUT2D eigenvalue weighted by Gasteiger charge is -2.16. The van der Waals surface area contributed by atoms with Gasteiger partial charge in [0.05, 0.1) is 0 Å². The molecule has 1 aliphatic carbocycles. The van der Waals surface area contributed by atoms with Gasteiger partial charge in [0.2, 0.25) is 0 Å². The van der Waals surface area contributed by atoms with Crippen LogP contribution in [-0.2, 0) is 5.41 Å². The van der Waals surface area contributed by atoms with E-state index in [4.69, 9.17) is 0 Å². The van der Waals surface area contributed by atoms with Crippen molar-refractivity contribution in [3.8, 4) is 0 Å². The second-order valence-corrected chi connectivity index (χ2v) is 5.24. The molecule has 4 nitrogen and oxygen atoms in total. The van der Waals surface area contributed by atoms with Crippen LogP contribution in [0.25, 0.3) is 0 Å². The van der Waals surface area contributed by atoms with Crippen LogP contribution in [0.4, 0.5) is 0 Å². The van der Waals surface area contributed by atoms with Crippen LogP contribution in [0.1, 0.15) is 28.8 Å². The maximum atomic E-state index is 12.0. The number of hydrogen-bond acceptors (Lipinski definition) is 2. The monoisotopic (exact) mass is 268 g/mol. The number of amides is 1. The first kappa shape index (κ1) is 12.7. The van der Waals surface area contributed by atoms with Gasteiger partial charge in [0.1, 0.15) is 5.56 Å². The number of carbonyl (C=O) groups is 1. The van der Waals surface area contributed by atoms with Crippen LogP contribution in [0, 0.1) is 0 Å². The predicted octanol–water partition coefficient (Wildman–Crippen LogP) is 1.84. The van der Waals surface area contributed by atoms with Crippen molar-refractivity contribution < 1.29 is 4.79 Å². The van der Waals surface area contributed by atoms with E-state index < -0.39 is 0 Å². The lowest BCUT2D eigenvalue weighted by atomic mass is 9.96. The number of carbonyl (C=O) groups excluding carboxylic acids is 1. The molecule has 1 aromatic heterocycles. The van der Waals surface area contributed by atoms with Crippen molar-refractivity contribution in [3.63, 3.8) is 0 Å². The number of benzene rings is 1. The average molecular weight is 268 g/mol. The number of H-pyrrole nitrogens is 1. The van der Waals surface area contributed by atoms with Crippen LogP contribution >= 0.6 is 0 Å². The van der Waals surface area contributed by atoms with Gasteiger partial charge in [-0.25, -0.2) is 0 Å². The fourth-order valence-corrected chi connectivity index (χ4v) is 2.46. The van der Waals surface area contributed by atoms with E-state index in [-0.39, 0.29) is 22.4 Å². The minimum absolute atomic E-state index is 0.0540. The highest BCUT2D eigenvalue weighted by molar-refractivity contribution is 5.93. The molecular formula is C16H16N2O2. The first-order valence-electron chi connectivity index (χ1n) is 6.73. The van der Waals surface area contributed by atoms with E-state index in [2.05, 4.69) is 22.4 Å². The van der Waals surface area contributed by atoms with Crippen LogP contribution in [0.15, 0.2) is 53.5 Å². The zero-order chi connectivity index (χ0) is 14.0. The molecule has 2 N–H and O–H groups in total. The van der Waals surface area contributed by atoms with Gasteiger partial charge in [0.15, 0.2) is 0 Å². The van der Waals surface area contributed by atoms with Crippen molar-refractivity contribution in [3.05, 3.63) is 70.1 Å². The highest BCUT2D eigenvalue weighted by Crippen LogP contribution is 2.47. The third kappa shape index (κ3) is 2.37. The molecule has 2 aromatic rings. The highest BCUT2D eigenvalue weighted by atomic mass is 16.2. The number of hydrogen-bond donors (Lipinski definition) is 2. The molecule has 3 rings (SSSR count). The Morgan fingerprint density at radius 3 is 2.55 bits per heavy atom. The van der Waals surface area contributed by atoms with Gasteiger partial charge in [-0.1, -0.05) is 30.3 Å². The second kappa shape index (κ2) is 4.96. The SMILES string of the molecule is O=C(NCC1(c2ccccc2)CC1)c1ccc[nH]c1=O. The minimum Gasteiger partial charge on any atom is -0.351 e. The Balaban J connectivity index is 1.70. The molecule has 0 unspecified atom stereocenters. The summed E-state index contributed by atoms with van der Waals surface area (Å²) in [5.41, 5.74) is 1.12. The Bertz CT molecular complexity index is 672. The van der Waals surface area contributed by atoms with Gasteiger partial charge < -0.3 is 10.3 Å². The normalized spacial score (nSPS) is 15.6. The zero-order valence-electron chi connectivity index (χ0n) is 11.1. The highest BCUT2D eigenvalue weighted by Gasteiger charge is 2.44. The molecule has 1 aliphatic rings. The molecule has 1 saturated carbocycles. The number of rotatable bonds is 4. The molecule has 0 atom stereocenters. The molecule has 0 radical (unpaired) electrons. The van der Waals surface area contributed by atoms with E-state index in [0.29, 0.717) is 6.54 Å². The Kier molecular flexibility index (Phi) is 3.14. The Morgan fingerprint density at radius 2 is 1.90 bits per heavy atom. The van der Waals surface area contributed by atoms with Gasteiger partial charge in [0.25, 0.3) is 11.5 Å². The fourth-order valence-electron chi connectivity index (χ4n) is 2.46. The van der Waals surface area contributed by atoms with E-state index >= 15 is 0 Å². The van der Waals surface area contributed by atoms with Crippen molar-refractivity contribution in [1.29, 1.82) is 0 Å². The molecule has 0 aliphatic heterocycles. The summed E-state index contributed by atoms with van der Waals surface area (Å²) >= 11 is 0. The molecule has 0 spiro atoms. The maximum Gasteiger partial charge on any atom is 0.260 e. The summed E-state index contributed by atoms with van der Waals surface area (Å²) in [6.07, 6.45) is 3.66. The van der Waals surface area contributed by atoms with Crippen molar-refractivity contribution in [2.45, 2.75) is 18.3 Å². The first-order chi connectivity index (χ1) is 9.71. The number of pyridine rings is 1. The van der Waals surface area contributed by atoms with Gasteiger partial charge in [0, 0.05) is 18.2 Å². The summed E-state index contributed by atoms with van der Waals surface area (Å²) in [5.74, 6) is -0.311. The smallest absolute Gasteiger partial charge is 0.260 e. The second-order valence-electron chi connectivity index (χ2n) is 5.24. The van der Waals surface area contributed by atoms with Crippen LogP contribution in [0.5, 0.6) is 0 Å². The number of aromatic nitrogens is 1. The molecule has 1 aromatic carbocycles. The lowest BCUT2D eigenvalue weighted by molar-refractivity contribution is 0.0948. The van der Waals surface area contributed by atoms with Gasteiger partial charge in [-0.15, -0.1) is 0 Å². The molecule has 0 bridgehead atoms. The Labute approximate surface area is 116 Å². The van der Waals surface area contributed by atoms with Crippen molar-refractivity contribution in [2.75, 3.05) is 6.54 Å². The van der Waals surface area contributed by atoms with E-state index in [1.165, 1.54) is 17.8 Å². The molecule has 1 fully saturated rings. The Hall–Kier alpha value is -2.36. The summed E-state index contributed by atoms with van der Waals surface area (Å²) in [5, 5.41) is 2.88. The van der Waals surface area contributed by atoms with Crippen molar-refractivity contribution >= 4 is 5.91 Å². The fraction of sp³-hybridized carbons (Fsp3) is 0.250. The third-order valence-electron chi connectivity index (χ3n) is 3.89. The van der Waals surface area contributed by atoms with Gasteiger partial charge in [-0.3, -0.25) is 9.59 Å². The third-order valence-corrected chi connectivity index (χ3v) is 3.89. The molecule has 20 heavy (non-hydrogen) atoms. The van der Waals surface area contributed by atoms with E-state index in [1.807, 2.05) is 18.2 Å². The summed E-state index contributed by atoms with van der Waals surface area (Å²) in [4.78, 5) is 26.1. The maximum absolute atomic E-state index is 12.0. The van der Waals surface area contributed by atoms with Crippen LogP contribution < -0.4 is 10.9 Å². The molecule has 0 saturated heterocycles. The average Bonchev–Trinajstić information content (AvgIpc) is 3.27. The van der Waals surface area contributed by atoms with E-state index in [0.717, 1.165) is 12.8 Å². The molecular weight excluding hydrogens is 252 g/mol. The quantitative estimate of drug-likeness (QED) is 0.888. The molecule has 1 heterocycles. The molecule has 4 heteroatoms. The van der Waals surface area contributed by atoms with Gasteiger partial charge in [-0.2, -0.15) is 0 Å². The summed E-state index contributed by atoms with van der Waals surface area (Å²) in [7, 11) is 0. The van der Waals surface area contributed by atoms with Gasteiger partial charge >= 0.3 is 0 Å². The van der Waals surface area contributed by atoms with E-state index in [1.54, 1.807) is 6.07 Å². The van der Waals surface area contributed by atoms with Crippen LogP contribution in [0.3, 0.4) is 0 Å². The van der Waals surface area contributed by atoms with Gasteiger partial charge in [-0.05, 0) is 30.5 Å². The van der Waals surface area contributed by atoms with Crippen LogP contribution in [0.2, 0.25) is 0 Å². The minimum atomic E-state index is -0.352. The summed E-state index contributed by atoms with van der Waals surface area (Å²) in [6.45, 7) is 0.574.